The lowest BCUT2D eigenvalue weighted by atomic mass is 10.1. The number of hydrogen-bond donors (Lipinski definition) is 2. The maximum Gasteiger partial charge on any atom is 0.411 e. The molecule has 0 aliphatic rings. The van der Waals surface area contributed by atoms with Crippen LogP contribution in [0.15, 0.2) is 35.6 Å². The van der Waals surface area contributed by atoms with E-state index in [1.165, 1.54) is 6.33 Å². The number of halogens is 4. The Morgan fingerprint density at radius 2 is 1.78 bits per heavy atom. The summed E-state index contributed by atoms with van der Waals surface area (Å²) in [7, 11) is 3.47. The zero-order valence-electron chi connectivity index (χ0n) is 15.0. The van der Waals surface area contributed by atoms with Crippen LogP contribution in [0.1, 0.15) is 17.0 Å². The van der Waals surface area contributed by atoms with Gasteiger partial charge in [-0.05, 0) is 11.1 Å². The second-order valence-electron chi connectivity index (χ2n) is 5.50. The van der Waals surface area contributed by atoms with Crippen molar-refractivity contribution in [3.63, 3.8) is 0 Å². The highest BCUT2D eigenvalue weighted by molar-refractivity contribution is 14.0. The fraction of sp³-hybridized carbons (Fsp3) is 0.438. The molecule has 0 unspecified atom stereocenters. The SMILES string of the molecule is CN=C(NCc1ccc(COCC(F)(F)F)cc1)NCc1ncnn1C.I. The van der Waals surface area contributed by atoms with E-state index in [0.29, 0.717) is 24.6 Å². The maximum atomic E-state index is 12.0. The average Bonchev–Trinajstić information content (AvgIpc) is 3.00. The van der Waals surface area contributed by atoms with E-state index < -0.39 is 12.8 Å². The first kappa shape index (κ1) is 23.1. The van der Waals surface area contributed by atoms with E-state index >= 15 is 0 Å². The van der Waals surface area contributed by atoms with E-state index in [1.807, 2.05) is 12.1 Å². The quantitative estimate of drug-likeness (QED) is 0.349. The molecule has 0 saturated heterocycles. The molecule has 0 aliphatic carbocycles. The molecule has 0 amide bonds. The van der Waals surface area contributed by atoms with Crippen LogP contribution in [0.5, 0.6) is 0 Å². The van der Waals surface area contributed by atoms with Crippen molar-refractivity contribution in [2.75, 3.05) is 13.7 Å². The third-order valence-corrected chi connectivity index (χ3v) is 3.46. The largest absolute Gasteiger partial charge is 0.411 e. The van der Waals surface area contributed by atoms with E-state index in [0.717, 1.165) is 11.4 Å². The van der Waals surface area contributed by atoms with Crippen LogP contribution in [-0.4, -0.2) is 40.6 Å². The van der Waals surface area contributed by atoms with Crippen molar-refractivity contribution in [3.05, 3.63) is 47.5 Å². The molecule has 1 aromatic carbocycles. The minimum Gasteiger partial charge on any atom is -0.367 e. The van der Waals surface area contributed by atoms with Gasteiger partial charge in [-0.25, -0.2) is 4.98 Å². The molecule has 0 saturated carbocycles. The van der Waals surface area contributed by atoms with Crippen molar-refractivity contribution < 1.29 is 17.9 Å². The van der Waals surface area contributed by atoms with Crippen LogP contribution in [0.3, 0.4) is 0 Å². The molecule has 0 fully saturated rings. The summed E-state index contributed by atoms with van der Waals surface area (Å²) < 4.78 is 42.4. The number of guanidine groups is 1. The highest BCUT2D eigenvalue weighted by atomic mass is 127. The highest BCUT2D eigenvalue weighted by Crippen LogP contribution is 2.15. The first-order chi connectivity index (χ1) is 12.4. The van der Waals surface area contributed by atoms with E-state index in [9.17, 15) is 13.2 Å². The molecule has 27 heavy (non-hydrogen) atoms. The van der Waals surface area contributed by atoms with Crippen LogP contribution in [0.4, 0.5) is 13.2 Å². The van der Waals surface area contributed by atoms with Crippen LogP contribution < -0.4 is 10.6 Å². The van der Waals surface area contributed by atoms with Crippen molar-refractivity contribution >= 4 is 29.9 Å². The number of nitrogens with one attached hydrogen (secondary N) is 2. The number of hydrogen-bond acceptors (Lipinski definition) is 4. The summed E-state index contributed by atoms with van der Waals surface area (Å²) in [6, 6.07) is 7.14. The van der Waals surface area contributed by atoms with Crippen LogP contribution >= 0.6 is 24.0 Å². The van der Waals surface area contributed by atoms with Crippen molar-refractivity contribution in [3.8, 4) is 0 Å². The number of alkyl halides is 3. The van der Waals surface area contributed by atoms with Gasteiger partial charge in [0.1, 0.15) is 18.8 Å². The van der Waals surface area contributed by atoms with Crippen molar-refractivity contribution in [1.29, 1.82) is 0 Å². The average molecular weight is 498 g/mol. The highest BCUT2D eigenvalue weighted by Gasteiger charge is 2.27. The Kier molecular flexibility index (Phi) is 9.49. The van der Waals surface area contributed by atoms with E-state index in [4.69, 9.17) is 0 Å². The zero-order chi connectivity index (χ0) is 19.0. The lowest BCUT2D eigenvalue weighted by Crippen LogP contribution is -2.36. The van der Waals surface area contributed by atoms with Gasteiger partial charge >= 0.3 is 6.18 Å². The topological polar surface area (TPSA) is 76.4 Å². The molecule has 2 aromatic rings. The molecule has 7 nitrogen and oxygen atoms in total. The lowest BCUT2D eigenvalue weighted by Gasteiger charge is -2.12. The fourth-order valence-electron chi connectivity index (χ4n) is 2.09. The Morgan fingerprint density at radius 3 is 2.33 bits per heavy atom. The third kappa shape index (κ3) is 8.56. The second kappa shape index (κ2) is 11.1. The zero-order valence-corrected chi connectivity index (χ0v) is 17.3. The van der Waals surface area contributed by atoms with Gasteiger partial charge < -0.3 is 15.4 Å². The molecule has 2 N–H and O–H groups in total. The molecule has 0 spiro atoms. The summed E-state index contributed by atoms with van der Waals surface area (Å²) >= 11 is 0. The summed E-state index contributed by atoms with van der Waals surface area (Å²) in [6.45, 7) is -0.328. The molecule has 11 heteroatoms. The van der Waals surface area contributed by atoms with Crippen LogP contribution in [-0.2, 0) is 31.5 Å². The molecule has 0 bridgehead atoms. The van der Waals surface area contributed by atoms with E-state index in [1.54, 1.807) is 30.9 Å². The number of aromatic nitrogens is 3. The molecular formula is C16H22F3IN6O. The third-order valence-electron chi connectivity index (χ3n) is 3.46. The van der Waals surface area contributed by atoms with Crippen LogP contribution in [0.25, 0.3) is 0 Å². The molecule has 2 rings (SSSR count). The van der Waals surface area contributed by atoms with Gasteiger partial charge in [-0.3, -0.25) is 9.67 Å². The normalized spacial score (nSPS) is 11.8. The molecule has 1 heterocycles. The molecule has 1 aromatic heterocycles. The number of aryl methyl sites for hydroxylation is 1. The predicted molar refractivity (Wildman–Crippen MR) is 106 cm³/mol. The standard InChI is InChI=1S/C16H21F3N6O.HI/c1-20-15(22-8-14-23-11-24-25(14)2)21-7-12-3-5-13(6-4-12)9-26-10-16(17,18)19;/h3-6,11H,7-10H2,1-2H3,(H2,20,21,22);1H. The van der Waals surface area contributed by atoms with Gasteiger partial charge in [0, 0.05) is 20.6 Å². The minimum atomic E-state index is -4.31. The number of benzene rings is 1. The van der Waals surface area contributed by atoms with Crippen LogP contribution in [0.2, 0.25) is 0 Å². The summed E-state index contributed by atoms with van der Waals surface area (Å²) in [6.07, 6.45) is -2.83. The Balaban J connectivity index is 0.00000364. The molecule has 150 valence electrons. The van der Waals surface area contributed by atoms with Gasteiger partial charge in [0.25, 0.3) is 0 Å². The number of rotatable bonds is 7. The monoisotopic (exact) mass is 498 g/mol. The Hall–Kier alpha value is -1.89. The Bertz CT molecular complexity index is 718. The van der Waals surface area contributed by atoms with Gasteiger partial charge in [0.15, 0.2) is 5.96 Å². The van der Waals surface area contributed by atoms with Crippen molar-refractivity contribution in [1.82, 2.24) is 25.4 Å². The summed E-state index contributed by atoms with van der Waals surface area (Å²) in [4.78, 5) is 8.24. The maximum absolute atomic E-state index is 12.0. The number of nitrogens with zero attached hydrogens (tertiary/aromatic N) is 4. The van der Waals surface area contributed by atoms with E-state index in [2.05, 4.69) is 30.4 Å². The minimum absolute atomic E-state index is 0. The number of aliphatic imine (C=N–C) groups is 1. The first-order valence-corrected chi connectivity index (χ1v) is 7.87. The van der Waals surface area contributed by atoms with Gasteiger partial charge in [0.05, 0.1) is 13.2 Å². The fourth-order valence-corrected chi connectivity index (χ4v) is 2.09. The number of ether oxygens (including phenoxy) is 1. The second-order valence-corrected chi connectivity index (χ2v) is 5.50. The van der Waals surface area contributed by atoms with Gasteiger partial charge in [-0.15, -0.1) is 24.0 Å². The van der Waals surface area contributed by atoms with Crippen LogP contribution in [0, 0.1) is 0 Å². The van der Waals surface area contributed by atoms with Crippen molar-refractivity contribution in [2.45, 2.75) is 25.9 Å². The molecule has 0 radical (unpaired) electrons. The lowest BCUT2D eigenvalue weighted by molar-refractivity contribution is -0.176. The van der Waals surface area contributed by atoms with Gasteiger partial charge in [-0.1, -0.05) is 24.3 Å². The Labute approximate surface area is 172 Å². The molecular weight excluding hydrogens is 476 g/mol. The molecule has 0 aliphatic heterocycles. The smallest absolute Gasteiger partial charge is 0.367 e. The summed E-state index contributed by atoms with van der Waals surface area (Å²) in [5.74, 6) is 1.38. The predicted octanol–water partition coefficient (Wildman–Crippen LogP) is 2.38. The Morgan fingerprint density at radius 1 is 1.15 bits per heavy atom. The first-order valence-electron chi connectivity index (χ1n) is 7.87. The molecule has 0 atom stereocenters. The summed E-state index contributed by atoms with van der Waals surface area (Å²) in [5, 5.41) is 10.3. The van der Waals surface area contributed by atoms with E-state index in [-0.39, 0.29) is 30.6 Å². The summed E-state index contributed by atoms with van der Waals surface area (Å²) in [5.41, 5.74) is 1.65. The van der Waals surface area contributed by atoms with Gasteiger partial charge in [0.2, 0.25) is 0 Å². The van der Waals surface area contributed by atoms with Gasteiger partial charge in [-0.2, -0.15) is 18.3 Å². The van der Waals surface area contributed by atoms with Crippen molar-refractivity contribution in [2.24, 2.45) is 12.0 Å².